The van der Waals surface area contributed by atoms with Gasteiger partial charge < -0.3 is 19.0 Å². The van der Waals surface area contributed by atoms with Gasteiger partial charge in [0.1, 0.15) is 0 Å². The SMILES string of the molecule is O=C(CN1CC(c2nc(-c3ccco3)no2)C1)NC[C@H]1CCCO1. The maximum absolute atomic E-state index is 11.9. The van der Waals surface area contributed by atoms with Crippen LogP contribution >= 0.6 is 0 Å². The third-order valence-corrected chi connectivity index (χ3v) is 4.41. The predicted molar refractivity (Wildman–Crippen MR) is 83.2 cm³/mol. The summed E-state index contributed by atoms with van der Waals surface area (Å²) in [5, 5.41) is 6.86. The van der Waals surface area contributed by atoms with Crippen LogP contribution in [0.3, 0.4) is 0 Å². The van der Waals surface area contributed by atoms with Crippen molar-refractivity contribution in [3.05, 3.63) is 24.3 Å². The van der Waals surface area contributed by atoms with Gasteiger partial charge in [0.2, 0.25) is 17.6 Å². The van der Waals surface area contributed by atoms with Crippen LogP contribution in [0.4, 0.5) is 0 Å². The van der Waals surface area contributed by atoms with Crippen LogP contribution in [0.15, 0.2) is 27.3 Å². The van der Waals surface area contributed by atoms with Gasteiger partial charge in [0.05, 0.1) is 24.8 Å². The van der Waals surface area contributed by atoms with E-state index in [0.29, 0.717) is 30.6 Å². The lowest BCUT2D eigenvalue weighted by molar-refractivity contribution is -0.123. The Kier molecular flexibility index (Phi) is 4.31. The van der Waals surface area contributed by atoms with Gasteiger partial charge in [-0.25, -0.2) is 0 Å². The number of hydrogen-bond acceptors (Lipinski definition) is 7. The first-order chi connectivity index (χ1) is 11.8. The molecule has 0 aliphatic carbocycles. The van der Waals surface area contributed by atoms with E-state index < -0.39 is 0 Å². The number of nitrogens with zero attached hydrogens (tertiary/aromatic N) is 3. The van der Waals surface area contributed by atoms with Crippen molar-refractivity contribution in [3.63, 3.8) is 0 Å². The number of rotatable bonds is 6. The number of nitrogens with one attached hydrogen (secondary N) is 1. The lowest BCUT2D eigenvalue weighted by Gasteiger charge is -2.36. The minimum Gasteiger partial charge on any atom is -0.461 e. The molecule has 8 nitrogen and oxygen atoms in total. The Labute approximate surface area is 139 Å². The van der Waals surface area contributed by atoms with Gasteiger partial charge in [-0.1, -0.05) is 5.16 Å². The molecule has 128 valence electrons. The monoisotopic (exact) mass is 332 g/mol. The minimum atomic E-state index is 0.0331. The summed E-state index contributed by atoms with van der Waals surface area (Å²) in [6.45, 7) is 3.29. The predicted octanol–water partition coefficient (Wildman–Crippen LogP) is 1.02. The van der Waals surface area contributed by atoms with E-state index in [-0.39, 0.29) is 17.9 Å². The Hall–Kier alpha value is -2.19. The molecule has 4 rings (SSSR count). The Balaban J connectivity index is 1.21. The summed E-state index contributed by atoms with van der Waals surface area (Å²) in [6.07, 6.45) is 3.86. The Morgan fingerprint density at radius 1 is 1.42 bits per heavy atom. The molecule has 0 radical (unpaired) electrons. The molecule has 0 saturated carbocycles. The first-order valence-electron chi connectivity index (χ1n) is 8.26. The normalized spacial score (nSPS) is 21.8. The molecule has 4 heterocycles. The number of amides is 1. The van der Waals surface area contributed by atoms with E-state index in [1.54, 1.807) is 18.4 Å². The number of furan rings is 1. The lowest BCUT2D eigenvalue weighted by Crippen LogP contribution is -2.50. The second-order valence-corrected chi connectivity index (χ2v) is 6.26. The van der Waals surface area contributed by atoms with Crippen molar-refractivity contribution < 1.29 is 18.5 Å². The van der Waals surface area contributed by atoms with E-state index in [1.807, 2.05) is 0 Å². The summed E-state index contributed by atoms with van der Waals surface area (Å²) < 4.78 is 16.0. The molecule has 2 aliphatic heterocycles. The van der Waals surface area contributed by atoms with E-state index in [0.717, 1.165) is 32.5 Å². The molecule has 24 heavy (non-hydrogen) atoms. The first kappa shape index (κ1) is 15.3. The fraction of sp³-hybridized carbons (Fsp3) is 0.562. The van der Waals surface area contributed by atoms with Crippen molar-refractivity contribution in [3.8, 4) is 11.6 Å². The molecule has 0 spiro atoms. The van der Waals surface area contributed by atoms with Crippen molar-refractivity contribution in [2.75, 3.05) is 32.8 Å². The highest BCUT2D eigenvalue weighted by Crippen LogP contribution is 2.27. The van der Waals surface area contributed by atoms with Gasteiger partial charge in [-0.3, -0.25) is 9.69 Å². The van der Waals surface area contributed by atoms with Crippen LogP contribution in [0.5, 0.6) is 0 Å². The molecule has 2 aromatic heterocycles. The molecule has 1 N–H and O–H groups in total. The molecule has 2 fully saturated rings. The fourth-order valence-electron chi connectivity index (χ4n) is 3.05. The van der Waals surface area contributed by atoms with E-state index in [2.05, 4.69) is 20.4 Å². The third kappa shape index (κ3) is 3.34. The number of ether oxygens (including phenoxy) is 1. The van der Waals surface area contributed by atoms with Gasteiger partial charge >= 0.3 is 0 Å². The molecule has 0 unspecified atom stereocenters. The second kappa shape index (κ2) is 6.74. The molecule has 2 aliphatic rings. The molecular weight excluding hydrogens is 312 g/mol. The summed E-state index contributed by atoms with van der Waals surface area (Å²) in [5.41, 5.74) is 0. The topological polar surface area (TPSA) is 93.6 Å². The maximum Gasteiger partial charge on any atom is 0.238 e. The smallest absolute Gasteiger partial charge is 0.238 e. The number of likely N-dealkylation sites (tertiary alicyclic amines) is 1. The molecule has 1 atom stereocenters. The Morgan fingerprint density at radius 3 is 3.08 bits per heavy atom. The van der Waals surface area contributed by atoms with E-state index in [4.69, 9.17) is 13.7 Å². The number of carbonyl (C=O) groups is 1. The van der Waals surface area contributed by atoms with E-state index in [9.17, 15) is 4.79 Å². The van der Waals surface area contributed by atoms with Crippen LogP contribution in [0.2, 0.25) is 0 Å². The van der Waals surface area contributed by atoms with Crippen molar-refractivity contribution in [1.82, 2.24) is 20.4 Å². The van der Waals surface area contributed by atoms with Gasteiger partial charge in [-0.05, 0) is 25.0 Å². The number of aromatic nitrogens is 2. The van der Waals surface area contributed by atoms with Crippen molar-refractivity contribution >= 4 is 5.91 Å². The van der Waals surface area contributed by atoms with Crippen LogP contribution in [-0.4, -0.2) is 59.8 Å². The van der Waals surface area contributed by atoms with Crippen LogP contribution in [-0.2, 0) is 9.53 Å². The van der Waals surface area contributed by atoms with Gasteiger partial charge in [0, 0.05) is 26.2 Å². The lowest BCUT2D eigenvalue weighted by atomic mass is 10.0. The van der Waals surface area contributed by atoms with Crippen molar-refractivity contribution in [2.45, 2.75) is 24.9 Å². The van der Waals surface area contributed by atoms with Crippen LogP contribution < -0.4 is 5.32 Å². The fourth-order valence-corrected chi connectivity index (χ4v) is 3.05. The minimum absolute atomic E-state index is 0.0331. The highest BCUT2D eigenvalue weighted by molar-refractivity contribution is 5.78. The van der Waals surface area contributed by atoms with Crippen LogP contribution in [0.1, 0.15) is 24.7 Å². The Morgan fingerprint density at radius 2 is 2.33 bits per heavy atom. The second-order valence-electron chi connectivity index (χ2n) is 6.26. The standard InChI is InChI=1S/C16H20N4O4/c21-14(17-7-12-3-1-5-22-12)10-20-8-11(9-20)16-18-15(19-24-16)13-4-2-6-23-13/h2,4,6,11-12H,1,3,5,7-10H2,(H,17,21)/t12-/m1/s1. The average molecular weight is 332 g/mol. The number of carbonyl (C=O) groups excluding carboxylic acids is 1. The Bertz CT molecular complexity index is 672. The van der Waals surface area contributed by atoms with Crippen molar-refractivity contribution in [1.29, 1.82) is 0 Å². The molecule has 0 bridgehead atoms. The zero-order valence-electron chi connectivity index (χ0n) is 13.3. The quantitative estimate of drug-likeness (QED) is 0.844. The van der Waals surface area contributed by atoms with Gasteiger partial charge in [-0.2, -0.15) is 4.98 Å². The van der Waals surface area contributed by atoms with Crippen LogP contribution in [0.25, 0.3) is 11.6 Å². The largest absolute Gasteiger partial charge is 0.461 e. The summed E-state index contributed by atoms with van der Waals surface area (Å²) in [5.74, 6) is 1.85. The van der Waals surface area contributed by atoms with E-state index >= 15 is 0 Å². The molecule has 0 aromatic carbocycles. The van der Waals surface area contributed by atoms with Gasteiger partial charge in [-0.15, -0.1) is 0 Å². The van der Waals surface area contributed by atoms with E-state index in [1.165, 1.54) is 0 Å². The summed E-state index contributed by atoms with van der Waals surface area (Å²) in [4.78, 5) is 18.4. The first-order valence-corrected chi connectivity index (χ1v) is 8.26. The zero-order valence-corrected chi connectivity index (χ0v) is 13.3. The van der Waals surface area contributed by atoms with Gasteiger partial charge in [0.25, 0.3) is 0 Å². The molecular formula is C16H20N4O4. The summed E-state index contributed by atoms with van der Waals surface area (Å²) in [6, 6.07) is 3.58. The van der Waals surface area contributed by atoms with Crippen molar-refractivity contribution in [2.24, 2.45) is 0 Å². The molecule has 8 heteroatoms. The zero-order chi connectivity index (χ0) is 16.4. The molecule has 1 amide bonds. The summed E-state index contributed by atoms with van der Waals surface area (Å²) in [7, 11) is 0. The average Bonchev–Trinajstić information content (AvgIpc) is 3.30. The number of hydrogen-bond donors (Lipinski definition) is 1. The summed E-state index contributed by atoms with van der Waals surface area (Å²) >= 11 is 0. The molecule has 2 aromatic rings. The molecule has 2 saturated heterocycles. The highest BCUT2D eigenvalue weighted by Gasteiger charge is 2.34. The highest BCUT2D eigenvalue weighted by atomic mass is 16.5. The van der Waals surface area contributed by atoms with Crippen LogP contribution in [0, 0.1) is 0 Å². The maximum atomic E-state index is 11.9. The van der Waals surface area contributed by atoms with Gasteiger partial charge in [0.15, 0.2) is 5.76 Å². The third-order valence-electron chi connectivity index (χ3n) is 4.41.